The molecule has 0 radical (unpaired) electrons. The van der Waals surface area contributed by atoms with Gasteiger partial charge in [0.1, 0.15) is 5.75 Å². The second-order valence-corrected chi connectivity index (χ2v) is 4.58. The second-order valence-electron chi connectivity index (χ2n) is 4.58. The van der Waals surface area contributed by atoms with Crippen molar-refractivity contribution in [3.63, 3.8) is 0 Å². The largest absolute Gasteiger partial charge is 0.481 e. The van der Waals surface area contributed by atoms with E-state index in [1.54, 1.807) is 12.1 Å². The van der Waals surface area contributed by atoms with Gasteiger partial charge in [0.15, 0.2) is 0 Å². The molecule has 3 N–H and O–H groups in total. The fourth-order valence-corrected chi connectivity index (χ4v) is 2.12. The van der Waals surface area contributed by atoms with E-state index in [1.165, 1.54) is 7.11 Å². The lowest BCUT2D eigenvalue weighted by Gasteiger charge is -2.17. The average Bonchev–Trinajstić information content (AvgIpc) is 2.47. The van der Waals surface area contributed by atoms with E-state index >= 15 is 0 Å². The topological polar surface area (TPSA) is 99.4 Å². The van der Waals surface area contributed by atoms with Gasteiger partial charge in [0.2, 0.25) is 23.6 Å². The van der Waals surface area contributed by atoms with E-state index in [9.17, 15) is 4.79 Å². The number of carbonyl (C=O) groups is 1. The number of benzene rings is 1. The van der Waals surface area contributed by atoms with Crippen molar-refractivity contribution in [1.82, 2.24) is 9.97 Å². The van der Waals surface area contributed by atoms with Crippen LogP contribution >= 0.6 is 0 Å². The number of hydrogen-bond donors (Lipinski definition) is 2. The molecule has 21 heavy (non-hydrogen) atoms. The Kier molecular flexibility index (Phi) is 3.31. The Balaban J connectivity index is 1.85. The summed E-state index contributed by atoms with van der Waals surface area (Å²) in [5.41, 5.74) is 7.43. The van der Waals surface area contributed by atoms with Gasteiger partial charge in [0.05, 0.1) is 13.2 Å². The zero-order valence-electron chi connectivity index (χ0n) is 11.4. The van der Waals surface area contributed by atoms with Crippen LogP contribution < -0.4 is 20.5 Å². The van der Waals surface area contributed by atoms with Crippen LogP contribution in [0.3, 0.4) is 0 Å². The van der Waals surface area contributed by atoms with Crippen LogP contribution in [-0.4, -0.2) is 23.0 Å². The number of methoxy groups -OCH3 is 1. The van der Waals surface area contributed by atoms with Crippen LogP contribution in [0.2, 0.25) is 0 Å². The summed E-state index contributed by atoms with van der Waals surface area (Å²) in [4.78, 5) is 19.2. The number of anilines is 2. The van der Waals surface area contributed by atoms with Crippen LogP contribution in [0.15, 0.2) is 24.3 Å². The minimum atomic E-state index is 0.0319. The number of amides is 1. The lowest BCUT2D eigenvalue weighted by molar-refractivity contribution is -0.116. The summed E-state index contributed by atoms with van der Waals surface area (Å²) in [5, 5.41) is 2.82. The number of nitrogens with one attached hydrogen (secondary N) is 1. The van der Waals surface area contributed by atoms with Gasteiger partial charge in [-0.25, -0.2) is 0 Å². The highest BCUT2D eigenvalue weighted by molar-refractivity contribution is 5.94. The predicted octanol–water partition coefficient (Wildman–Crippen LogP) is 1.74. The molecule has 0 aliphatic carbocycles. The van der Waals surface area contributed by atoms with Crippen molar-refractivity contribution >= 4 is 17.5 Å². The monoisotopic (exact) mass is 286 g/mol. The second kappa shape index (κ2) is 5.28. The van der Waals surface area contributed by atoms with Crippen molar-refractivity contribution < 1.29 is 14.3 Å². The fourth-order valence-electron chi connectivity index (χ4n) is 2.12. The predicted molar refractivity (Wildman–Crippen MR) is 76.5 cm³/mol. The van der Waals surface area contributed by atoms with Gasteiger partial charge in [-0.3, -0.25) is 4.79 Å². The van der Waals surface area contributed by atoms with Crippen LogP contribution in [0, 0.1) is 0 Å². The normalized spacial score (nSPS) is 13.3. The molecule has 2 aromatic rings. The molecule has 1 amide bonds. The Hall–Kier alpha value is -2.83. The molecule has 0 spiro atoms. The Morgan fingerprint density at radius 3 is 2.81 bits per heavy atom. The van der Waals surface area contributed by atoms with Crippen LogP contribution in [0.1, 0.15) is 12.0 Å². The van der Waals surface area contributed by atoms with Gasteiger partial charge < -0.3 is 20.5 Å². The number of carbonyl (C=O) groups excluding carboxylic acids is 1. The first-order chi connectivity index (χ1) is 10.1. The number of aromatic nitrogens is 2. The van der Waals surface area contributed by atoms with E-state index in [4.69, 9.17) is 15.2 Å². The Morgan fingerprint density at radius 2 is 2.00 bits per heavy atom. The van der Waals surface area contributed by atoms with Crippen LogP contribution in [0.4, 0.5) is 11.6 Å². The summed E-state index contributed by atoms with van der Waals surface area (Å²) in [6.07, 6.45) is 1.17. The maximum absolute atomic E-state index is 11.3. The minimum absolute atomic E-state index is 0.0319. The summed E-state index contributed by atoms with van der Waals surface area (Å²) in [6, 6.07) is 7.00. The standard InChI is InChI=1S/C14H14N4O3/c1-20-12-7-13(18-14(15)17-12)21-9-3-4-10-8(6-9)2-5-11(19)16-10/h3-4,6-7H,2,5H2,1H3,(H,16,19)(H2,15,17,18). The number of ether oxygens (including phenoxy) is 2. The first kappa shape index (κ1) is 13.2. The molecule has 0 atom stereocenters. The number of nitrogens with two attached hydrogens (primary N) is 1. The molecule has 108 valence electrons. The molecule has 3 rings (SSSR count). The third kappa shape index (κ3) is 2.86. The van der Waals surface area contributed by atoms with E-state index in [2.05, 4.69) is 15.3 Å². The van der Waals surface area contributed by atoms with Gasteiger partial charge in [-0.1, -0.05) is 0 Å². The molecule has 0 bridgehead atoms. The van der Waals surface area contributed by atoms with Crippen LogP contribution in [0.5, 0.6) is 17.5 Å². The summed E-state index contributed by atoms with van der Waals surface area (Å²) >= 11 is 0. The lowest BCUT2D eigenvalue weighted by Crippen LogP contribution is -2.18. The van der Waals surface area contributed by atoms with E-state index in [0.29, 0.717) is 30.4 Å². The highest BCUT2D eigenvalue weighted by Crippen LogP contribution is 2.29. The molecular weight excluding hydrogens is 272 g/mol. The number of aryl methyl sites for hydroxylation is 1. The zero-order chi connectivity index (χ0) is 14.8. The Labute approximate surface area is 121 Å². The number of nitrogen functional groups attached to an aromatic ring is 1. The number of nitrogens with zero attached hydrogens (tertiary/aromatic N) is 2. The minimum Gasteiger partial charge on any atom is -0.481 e. The molecule has 7 heteroatoms. The van der Waals surface area contributed by atoms with Crippen molar-refractivity contribution in [2.75, 3.05) is 18.2 Å². The summed E-state index contributed by atoms with van der Waals surface area (Å²) in [5.74, 6) is 1.37. The lowest BCUT2D eigenvalue weighted by atomic mass is 10.0. The van der Waals surface area contributed by atoms with Crippen molar-refractivity contribution in [3.05, 3.63) is 29.8 Å². The molecule has 1 aromatic carbocycles. The first-order valence-electron chi connectivity index (χ1n) is 6.43. The van der Waals surface area contributed by atoms with Crippen molar-refractivity contribution in [2.45, 2.75) is 12.8 Å². The quantitative estimate of drug-likeness (QED) is 0.891. The molecule has 0 saturated heterocycles. The van der Waals surface area contributed by atoms with Gasteiger partial charge in [0.25, 0.3) is 0 Å². The van der Waals surface area contributed by atoms with Crippen LogP contribution in [0.25, 0.3) is 0 Å². The molecule has 0 fully saturated rings. The van der Waals surface area contributed by atoms with Gasteiger partial charge in [-0.15, -0.1) is 0 Å². The van der Waals surface area contributed by atoms with Gasteiger partial charge in [-0.05, 0) is 30.2 Å². The van der Waals surface area contributed by atoms with E-state index in [1.807, 2.05) is 12.1 Å². The summed E-state index contributed by atoms with van der Waals surface area (Å²) in [6.45, 7) is 0. The third-order valence-corrected chi connectivity index (χ3v) is 3.10. The average molecular weight is 286 g/mol. The molecule has 7 nitrogen and oxygen atoms in total. The molecular formula is C14H14N4O3. The van der Waals surface area contributed by atoms with Gasteiger partial charge in [0, 0.05) is 12.1 Å². The highest BCUT2D eigenvalue weighted by Gasteiger charge is 2.15. The Bertz CT molecular complexity index is 703. The van der Waals surface area contributed by atoms with E-state index in [0.717, 1.165) is 11.3 Å². The van der Waals surface area contributed by atoms with Gasteiger partial charge in [-0.2, -0.15) is 9.97 Å². The fraction of sp³-hybridized carbons (Fsp3) is 0.214. The maximum atomic E-state index is 11.3. The summed E-state index contributed by atoms with van der Waals surface area (Å²) < 4.78 is 10.7. The van der Waals surface area contributed by atoms with E-state index < -0.39 is 0 Å². The van der Waals surface area contributed by atoms with Crippen molar-refractivity contribution in [1.29, 1.82) is 0 Å². The van der Waals surface area contributed by atoms with Crippen molar-refractivity contribution in [3.8, 4) is 17.5 Å². The summed E-state index contributed by atoms with van der Waals surface area (Å²) in [7, 11) is 1.49. The van der Waals surface area contributed by atoms with Crippen molar-refractivity contribution in [2.24, 2.45) is 0 Å². The molecule has 2 heterocycles. The first-order valence-corrected chi connectivity index (χ1v) is 6.43. The number of fused-ring (bicyclic) bond motifs is 1. The SMILES string of the molecule is COc1cc(Oc2ccc3c(c2)CCC(=O)N3)nc(N)n1. The molecule has 1 aliphatic heterocycles. The maximum Gasteiger partial charge on any atom is 0.227 e. The molecule has 1 aliphatic rings. The third-order valence-electron chi connectivity index (χ3n) is 3.10. The molecule has 1 aromatic heterocycles. The molecule has 0 saturated carbocycles. The van der Waals surface area contributed by atoms with Crippen LogP contribution in [-0.2, 0) is 11.2 Å². The highest BCUT2D eigenvalue weighted by atomic mass is 16.5. The van der Waals surface area contributed by atoms with Gasteiger partial charge >= 0.3 is 0 Å². The smallest absolute Gasteiger partial charge is 0.227 e. The van der Waals surface area contributed by atoms with E-state index in [-0.39, 0.29) is 11.9 Å². The zero-order valence-corrected chi connectivity index (χ0v) is 11.4. The Morgan fingerprint density at radius 1 is 1.19 bits per heavy atom. The number of rotatable bonds is 3. The molecule has 0 unspecified atom stereocenters. The number of hydrogen-bond acceptors (Lipinski definition) is 6.